The number of rotatable bonds is 2. The van der Waals surface area contributed by atoms with Crippen LogP contribution < -0.4 is 0 Å². The van der Waals surface area contributed by atoms with E-state index in [1.165, 1.54) is 6.20 Å². The fourth-order valence-electron chi connectivity index (χ4n) is 0.615. The third-order valence-corrected chi connectivity index (χ3v) is 1.06. The standard InChI is InChI=1S/C7H8N2O2.2ClH/c1-2-11-7(10)6-4-3-5-8-9-6;;/h3-5H,2H2,1H3;2*1H. The molecule has 1 aromatic rings. The summed E-state index contributed by atoms with van der Waals surface area (Å²) in [6.07, 6.45) is 1.50. The van der Waals surface area contributed by atoms with Crippen LogP contribution in [0.15, 0.2) is 18.3 Å². The largest absolute Gasteiger partial charge is 0.461 e. The van der Waals surface area contributed by atoms with Crippen LogP contribution in [0.3, 0.4) is 0 Å². The Labute approximate surface area is 88.5 Å². The van der Waals surface area contributed by atoms with E-state index in [0.29, 0.717) is 6.61 Å². The molecule has 0 unspecified atom stereocenters. The van der Waals surface area contributed by atoms with E-state index in [1.807, 2.05) is 0 Å². The minimum atomic E-state index is -0.430. The van der Waals surface area contributed by atoms with Crippen LogP contribution in [-0.2, 0) is 4.74 Å². The topological polar surface area (TPSA) is 52.1 Å². The molecule has 1 heterocycles. The molecule has 0 saturated heterocycles. The average molecular weight is 225 g/mol. The predicted molar refractivity (Wildman–Crippen MR) is 52.5 cm³/mol. The first-order chi connectivity index (χ1) is 5.34. The van der Waals surface area contributed by atoms with Gasteiger partial charge >= 0.3 is 5.97 Å². The van der Waals surface area contributed by atoms with Crippen LogP contribution in [-0.4, -0.2) is 22.8 Å². The van der Waals surface area contributed by atoms with E-state index in [9.17, 15) is 4.79 Å². The smallest absolute Gasteiger partial charge is 0.358 e. The summed E-state index contributed by atoms with van der Waals surface area (Å²) in [5.41, 5.74) is 0.245. The molecule has 0 fully saturated rings. The minimum absolute atomic E-state index is 0. The zero-order valence-electron chi connectivity index (χ0n) is 6.97. The molecule has 0 N–H and O–H groups in total. The lowest BCUT2D eigenvalue weighted by Crippen LogP contribution is -2.07. The number of halogens is 2. The van der Waals surface area contributed by atoms with E-state index in [1.54, 1.807) is 19.1 Å². The quantitative estimate of drug-likeness (QED) is 0.715. The summed E-state index contributed by atoms with van der Waals surface area (Å²) in [5.74, 6) is -0.430. The van der Waals surface area contributed by atoms with Gasteiger partial charge in [0, 0.05) is 6.20 Å². The van der Waals surface area contributed by atoms with Crippen molar-refractivity contribution in [2.45, 2.75) is 6.92 Å². The number of nitrogens with zero attached hydrogens (tertiary/aromatic N) is 2. The molecule has 1 aromatic heterocycles. The molecule has 1 rings (SSSR count). The highest BCUT2D eigenvalue weighted by molar-refractivity contribution is 5.86. The van der Waals surface area contributed by atoms with Crippen molar-refractivity contribution in [3.63, 3.8) is 0 Å². The first-order valence-corrected chi connectivity index (χ1v) is 3.29. The van der Waals surface area contributed by atoms with Crippen LogP contribution in [0.4, 0.5) is 0 Å². The zero-order valence-corrected chi connectivity index (χ0v) is 8.60. The molecule has 0 aliphatic rings. The van der Waals surface area contributed by atoms with Crippen molar-refractivity contribution in [3.8, 4) is 0 Å². The number of carbonyl (C=O) groups is 1. The van der Waals surface area contributed by atoms with Crippen LogP contribution in [0.2, 0.25) is 0 Å². The van der Waals surface area contributed by atoms with Crippen molar-refractivity contribution in [2.75, 3.05) is 6.61 Å². The van der Waals surface area contributed by atoms with Gasteiger partial charge in [0.1, 0.15) is 0 Å². The molecule has 74 valence electrons. The van der Waals surface area contributed by atoms with Crippen LogP contribution >= 0.6 is 24.8 Å². The third-order valence-electron chi connectivity index (χ3n) is 1.06. The van der Waals surface area contributed by atoms with Gasteiger partial charge in [-0.25, -0.2) is 4.79 Å². The second kappa shape index (κ2) is 7.76. The van der Waals surface area contributed by atoms with Crippen molar-refractivity contribution in [1.82, 2.24) is 10.2 Å². The average Bonchev–Trinajstić information content (AvgIpc) is 2.07. The molecule has 0 amide bonds. The fraction of sp³-hybridized carbons (Fsp3) is 0.286. The molecule has 0 spiro atoms. The van der Waals surface area contributed by atoms with Crippen molar-refractivity contribution in [1.29, 1.82) is 0 Å². The van der Waals surface area contributed by atoms with Crippen molar-refractivity contribution >= 4 is 30.8 Å². The second-order valence-electron chi connectivity index (χ2n) is 1.83. The zero-order chi connectivity index (χ0) is 8.10. The molecule has 0 aromatic carbocycles. The van der Waals surface area contributed by atoms with Gasteiger partial charge in [-0.1, -0.05) is 0 Å². The minimum Gasteiger partial charge on any atom is -0.461 e. The van der Waals surface area contributed by atoms with E-state index in [4.69, 9.17) is 0 Å². The molecular formula is C7H10Cl2N2O2. The Hall–Kier alpha value is -0.870. The maximum absolute atomic E-state index is 10.9. The lowest BCUT2D eigenvalue weighted by Gasteiger charge is -1.97. The summed E-state index contributed by atoms with van der Waals surface area (Å²) in [5, 5.41) is 7.11. The van der Waals surface area contributed by atoms with Gasteiger partial charge in [-0.05, 0) is 19.1 Å². The number of hydrogen-bond donors (Lipinski definition) is 0. The van der Waals surface area contributed by atoms with Crippen LogP contribution in [0, 0.1) is 0 Å². The third kappa shape index (κ3) is 4.65. The molecule has 13 heavy (non-hydrogen) atoms. The molecule has 0 radical (unpaired) electrons. The van der Waals surface area contributed by atoms with Crippen molar-refractivity contribution in [2.24, 2.45) is 0 Å². The molecular weight excluding hydrogens is 215 g/mol. The molecule has 4 nitrogen and oxygen atoms in total. The van der Waals surface area contributed by atoms with Gasteiger partial charge in [0.15, 0.2) is 5.69 Å². The molecule has 0 atom stereocenters. The predicted octanol–water partition coefficient (Wildman–Crippen LogP) is 1.50. The van der Waals surface area contributed by atoms with Crippen LogP contribution in [0.1, 0.15) is 17.4 Å². The SMILES string of the molecule is CCOC(=O)c1cccnn1.Cl.Cl. The van der Waals surface area contributed by atoms with E-state index < -0.39 is 5.97 Å². The number of hydrogen-bond acceptors (Lipinski definition) is 4. The molecule has 0 saturated carbocycles. The molecule has 6 heteroatoms. The summed E-state index contributed by atoms with van der Waals surface area (Å²) in [6, 6.07) is 3.20. The van der Waals surface area contributed by atoms with Crippen LogP contribution in [0.25, 0.3) is 0 Å². The number of carbonyl (C=O) groups excluding carboxylic acids is 1. The first kappa shape index (κ1) is 14.6. The summed E-state index contributed by atoms with van der Waals surface area (Å²) < 4.78 is 4.69. The Kier molecular flexibility index (Phi) is 8.74. The summed E-state index contributed by atoms with van der Waals surface area (Å²) in [4.78, 5) is 10.9. The normalized spacial score (nSPS) is 7.77. The highest BCUT2D eigenvalue weighted by Gasteiger charge is 2.05. The van der Waals surface area contributed by atoms with Crippen molar-refractivity contribution in [3.05, 3.63) is 24.0 Å². The lowest BCUT2D eigenvalue weighted by atomic mass is 10.4. The van der Waals surface area contributed by atoms with Gasteiger partial charge in [-0.15, -0.1) is 29.9 Å². The lowest BCUT2D eigenvalue weighted by molar-refractivity contribution is 0.0518. The van der Waals surface area contributed by atoms with Gasteiger partial charge in [0.25, 0.3) is 0 Å². The Morgan fingerprint density at radius 2 is 2.23 bits per heavy atom. The monoisotopic (exact) mass is 224 g/mol. The summed E-state index contributed by atoms with van der Waals surface area (Å²) >= 11 is 0. The van der Waals surface area contributed by atoms with Gasteiger partial charge in [0.05, 0.1) is 6.61 Å². The van der Waals surface area contributed by atoms with E-state index >= 15 is 0 Å². The maximum atomic E-state index is 10.9. The number of ether oxygens (including phenoxy) is 1. The van der Waals surface area contributed by atoms with Gasteiger partial charge < -0.3 is 4.74 Å². The van der Waals surface area contributed by atoms with Crippen LogP contribution in [0.5, 0.6) is 0 Å². The highest BCUT2D eigenvalue weighted by atomic mass is 35.5. The van der Waals surface area contributed by atoms with Gasteiger partial charge in [-0.3, -0.25) is 0 Å². The first-order valence-electron chi connectivity index (χ1n) is 3.29. The molecule has 0 bridgehead atoms. The summed E-state index contributed by atoms with van der Waals surface area (Å²) in [7, 11) is 0. The Balaban J connectivity index is 0. The second-order valence-corrected chi connectivity index (χ2v) is 1.83. The molecule has 0 aliphatic carbocycles. The van der Waals surface area contributed by atoms with Gasteiger partial charge in [0.2, 0.25) is 0 Å². The maximum Gasteiger partial charge on any atom is 0.358 e. The van der Waals surface area contributed by atoms with E-state index in [-0.39, 0.29) is 30.5 Å². The van der Waals surface area contributed by atoms with Gasteiger partial charge in [-0.2, -0.15) is 5.10 Å². The number of aromatic nitrogens is 2. The highest BCUT2D eigenvalue weighted by Crippen LogP contribution is 1.93. The van der Waals surface area contributed by atoms with Crippen molar-refractivity contribution < 1.29 is 9.53 Å². The Morgan fingerprint density at radius 3 is 2.69 bits per heavy atom. The Morgan fingerprint density at radius 1 is 1.54 bits per heavy atom. The summed E-state index contributed by atoms with van der Waals surface area (Å²) in [6.45, 7) is 2.10. The van der Waals surface area contributed by atoms with E-state index in [0.717, 1.165) is 0 Å². The van der Waals surface area contributed by atoms with E-state index in [2.05, 4.69) is 14.9 Å². The fourth-order valence-corrected chi connectivity index (χ4v) is 0.615. The Bertz CT molecular complexity index is 244. The molecule has 0 aliphatic heterocycles. The number of esters is 1.